The van der Waals surface area contributed by atoms with Gasteiger partial charge in [0.2, 0.25) is 10.0 Å². The summed E-state index contributed by atoms with van der Waals surface area (Å²) in [6.07, 6.45) is 6.08. The molecule has 1 aliphatic carbocycles. The van der Waals surface area contributed by atoms with Gasteiger partial charge in [0.25, 0.3) is 11.8 Å². The molecule has 4 rings (SSSR count). The fourth-order valence-corrected chi connectivity index (χ4v) is 6.21. The van der Waals surface area contributed by atoms with Gasteiger partial charge in [-0.1, -0.05) is 31.9 Å². The number of piperidine rings is 1. The Labute approximate surface area is 195 Å². The van der Waals surface area contributed by atoms with Crippen molar-refractivity contribution in [3.8, 4) is 0 Å². The third kappa shape index (κ3) is 5.45. The zero-order valence-electron chi connectivity index (χ0n) is 18.9. The van der Waals surface area contributed by atoms with E-state index >= 15 is 0 Å². The maximum Gasteiger partial charge on any atom is 0.255 e. The van der Waals surface area contributed by atoms with Gasteiger partial charge in [-0.25, -0.2) is 8.42 Å². The van der Waals surface area contributed by atoms with E-state index in [2.05, 4.69) is 17.6 Å². The van der Waals surface area contributed by atoms with Crippen molar-refractivity contribution in [2.45, 2.75) is 56.4 Å². The number of anilines is 1. The monoisotopic (exact) mass is 469 g/mol. The second-order valence-corrected chi connectivity index (χ2v) is 11.0. The van der Waals surface area contributed by atoms with Crippen LogP contribution in [0.4, 0.5) is 5.69 Å². The summed E-state index contributed by atoms with van der Waals surface area (Å²) in [7, 11) is -3.58. The van der Waals surface area contributed by atoms with Gasteiger partial charge in [-0.2, -0.15) is 4.31 Å². The first-order valence-corrected chi connectivity index (χ1v) is 13.1. The molecular formula is C25H31N3O4S. The molecule has 0 aromatic heterocycles. The van der Waals surface area contributed by atoms with Crippen LogP contribution in [0.3, 0.4) is 0 Å². The average molecular weight is 470 g/mol. The number of rotatable bonds is 6. The molecule has 1 heterocycles. The van der Waals surface area contributed by atoms with Crippen LogP contribution in [0, 0.1) is 5.92 Å². The molecular weight excluding hydrogens is 438 g/mol. The number of benzene rings is 2. The van der Waals surface area contributed by atoms with Crippen LogP contribution >= 0.6 is 0 Å². The minimum Gasteiger partial charge on any atom is -0.349 e. The lowest BCUT2D eigenvalue weighted by molar-refractivity contribution is 0.0938. The van der Waals surface area contributed by atoms with Crippen LogP contribution in [-0.2, 0) is 10.0 Å². The molecule has 1 saturated heterocycles. The molecule has 2 N–H and O–H groups in total. The van der Waals surface area contributed by atoms with Crippen LogP contribution in [0.2, 0.25) is 0 Å². The van der Waals surface area contributed by atoms with Crippen molar-refractivity contribution < 1.29 is 18.0 Å². The summed E-state index contributed by atoms with van der Waals surface area (Å²) >= 11 is 0. The number of amides is 2. The third-order valence-electron chi connectivity index (χ3n) is 6.48. The molecule has 1 unspecified atom stereocenters. The number of nitrogens with zero attached hydrogens (tertiary/aromatic N) is 1. The number of sulfonamides is 1. The Morgan fingerprint density at radius 1 is 0.909 bits per heavy atom. The highest BCUT2D eigenvalue weighted by Crippen LogP contribution is 2.24. The molecule has 0 radical (unpaired) electrons. The van der Waals surface area contributed by atoms with Crippen LogP contribution < -0.4 is 10.6 Å². The van der Waals surface area contributed by atoms with Gasteiger partial charge >= 0.3 is 0 Å². The maximum absolute atomic E-state index is 12.9. The number of hydrogen-bond acceptors (Lipinski definition) is 4. The van der Waals surface area contributed by atoms with Crippen LogP contribution in [0.1, 0.15) is 66.2 Å². The van der Waals surface area contributed by atoms with Crippen molar-refractivity contribution in [1.29, 1.82) is 0 Å². The van der Waals surface area contributed by atoms with Gasteiger partial charge < -0.3 is 10.6 Å². The molecule has 2 fully saturated rings. The van der Waals surface area contributed by atoms with Crippen molar-refractivity contribution in [3.05, 3.63) is 59.7 Å². The zero-order chi connectivity index (χ0) is 23.4. The maximum atomic E-state index is 12.9. The fourth-order valence-electron chi connectivity index (χ4n) is 4.61. The molecule has 8 heteroatoms. The van der Waals surface area contributed by atoms with Gasteiger partial charge in [0, 0.05) is 24.7 Å². The smallest absolute Gasteiger partial charge is 0.255 e. The van der Waals surface area contributed by atoms with Crippen molar-refractivity contribution in [2.24, 2.45) is 5.92 Å². The van der Waals surface area contributed by atoms with Gasteiger partial charge in [0.1, 0.15) is 0 Å². The summed E-state index contributed by atoms with van der Waals surface area (Å²) in [5.74, 6) is -0.258. The summed E-state index contributed by atoms with van der Waals surface area (Å²) in [5.41, 5.74) is 1.17. The lowest BCUT2D eigenvalue weighted by atomic mass is 10.0. The Balaban J connectivity index is 1.46. The van der Waals surface area contributed by atoms with Crippen molar-refractivity contribution >= 4 is 27.5 Å². The number of nitrogens with one attached hydrogen (secondary N) is 2. The highest BCUT2D eigenvalue weighted by atomic mass is 32.2. The molecule has 2 aromatic rings. The fraction of sp³-hybridized carbons (Fsp3) is 0.440. The lowest BCUT2D eigenvalue weighted by Gasteiger charge is -2.30. The lowest BCUT2D eigenvalue weighted by Crippen LogP contribution is -2.39. The van der Waals surface area contributed by atoms with Crippen LogP contribution in [0.5, 0.6) is 0 Å². The number of hydrogen-bond donors (Lipinski definition) is 2. The van der Waals surface area contributed by atoms with Crippen LogP contribution in [0.25, 0.3) is 0 Å². The van der Waals surface area contributed by atoms with E-state index in [0.29, 0.717) is 35.8 Å². The molecule has 2 aromatic carbocycles. The predicted octanol–water partition coefficient (Wildman–Crippen LogP) is 4.03. The Bertz CT molecular complexity index is 1110. The molecule has 7 nitrogen and oxygen atoms in total. The van der Waals surface area contributed by atoms with Gasteiger partial charge in [0.15, 0.2) is 0 Å². The second kappa shape index (κ2) is 10.1. The number of carbonyl (C=O) groups excluding carboxylic acids is 2. The van der Waals surface area contributed by atoms with E-state index in [4.69, 9.17) is 0 Å². The number of para-hydroxylation sites is 1. The molecule has 176 valence electrons. The first-order valence-electron chi connectivity index (χ1n) is 11.7. The Morgan fingerprint density at radius 3 is 2.30 bits per heavy atom. The third-order valence-corrected chi connectivity index (χ3v) is 8.36. The van der Waals surface area contributed by atoms with E-state index in [-0.39, 0.29) is 16.8 Å². The molecule has 2 amide bonds. The predicted molar refractivity (Wildman–Crippen MR) is 128 cm³/mol. The van der Waals surface area contributed by atoms with Gasteiger partial charge in [-0.15, -0.1) is 0 Å². The highest BCUT2D eigenvalue weighted by molar-refractivity contribution is 7.89. The average Bonchev–Trinajstić information content (AvgIpc) is 3.32. The SMILES string of the molecule is CC1CCCN(S(=O)(=O)c2ccc(C(=O)Nc3ccccc3C(=O)NC3CCCC3)cc2)C1. The zero-order valence-corrected chi connectivity index (χ0v) is 19.7. The normalized spacial score (nSPS) is 19.8. The van der Waals surface area contributed by atoms with E-state index in [1.54, 1.807) is 24.3 Å². The number of carbonyl (C=O) groups is 2. The standard InChI is InChI=1S/C25H31N3O4S/c1-18-7-6-16-28(17-18)33(31,32)21-14-12-19(13-15-21)24(29)27-23-11-5-4-10-22(23)25(30)26-20-8-2-3-9-20/h4-5,10-15,18,20H,2-3,6-9,16-17H2,1H3,(H,26,30)(H,27,29). The molecule has 33 heavy (non-hydrogen) atoms. The van der Waals surface area contributed by atoms with Gasteiger partial charge in [-0.3, -0.25) is 9.59 Å². The Hall–Kier alpha value is -2.71. The summed E-state index contributed by atoms with van der Waals surface area (Å²) in [6, 6.07) is 13.1. The van der Waals surface area contributed by atoms with E-state index < -0.39 is 15.9 Å². The van der Waals surface area contributed by atoms with Crippen molar-refractivity contribution in [3.63, 3.8) is 0 Å². The molecule has 0 spiro atoms. The van der Waals surface area contributed by atoms with Crippen molar-refractivity contribution in [1.82, 2.24) is 9.62 Å². The molecule has 2 aliphatic rings. The van der Waals surface area contributed by atoms with Crippen molar-refractivity contribution in [2.75, 3.05) is 18.4 Å². The summed E-state index contributed by atoms with van der Waals surface area (Å²) in [6.45, 7) is 3.10. The van der Waals surface area contributed by atoms with Crippen LogP contribution in [-0.4, -0.2) is 43.7 Å². The highest BCUT2D eigenvalue weighted by Gasteiger charge is 2.28. The van der Waals surface area contributed by atoms with E-state index in [1.807, 2.05) is 0 Å². The first-order chi connectivity index (χ1) is 15.8. The quantitative estimate of drug-likeness (QED) is 0.668. The summed E-state index contributed by atoms with van der Waals surface area (Å²) in [5, 5.41) is 5.85. The van der Waals surface area contributed by atoms with Gasteiger partial charge in [-0.05, 0) is 68.0 Å². The summed E-state index contributed by atoms with van der Waals surface area (Å²) < 4.78 is 27.4. The van der Waals surface area contributed by atoms with E-state index in [9.17, 15) is 18.0 Å². The van der Waals surface area contributed by atoms with E-state index in [0.717, 1.165) is 38.5 Å². The minimum atomic E-state index is -3.58. The molecule has 1 atom stereocenters. The molecule has 1 aliphatic heterocycles. The van der Waals surface area contributed by atoms with Gasteiger partial charge in [0.05, 0.1) is 16.1 Å². The summed E-state index contributed by atoms with van der Waals surface area (Å²) in [4.78, 5) is 25.8. The first kappa shape index (κ1) is 23.4. The topological polar surface area (TPSA) is 95.6 Å². The second-order valence-electron chi connectivity index (χ2n) is 9.09. The largest absolute Gasteiger partial charge is 0.349 e. The van der Waals surface area contributed by atoms with E-state index in [1.165, 1.54) is 28.6 Å². The van der Waals surface area contributed by atoms with Crippen LogP contribution in [0.15, 0.2) is 53.4 Å². The Kier molecular flexibility index (Phi) is 7.14. The minimum absolute atomic E-state index is 0.179. The molecule has 1 saturated carbocycles. The Morgan fingerprint density at radius 2 is 1.61 bits per heavy atom. The molecule has 0 bridgehead atoms.